The summed E-state index contributed by atoms with van der Waals surface area (Å²) >= 11 is 0. The third-order valence-corrected chi connectivity index (χ3v) is 2.86. The van der Waals surface area contributed by atoms with E-state index in [0.717, 1.165) is 6.29 Å². The van der Waals surface area contributed by atoms with E-state index in [4.69, 9.17) is 4.79 Å². The number of rotatable bonds is 2. The number of benzene rings is 2. The first kappa shape index (κ1) is 15.7. The summed E-state index contributed by atoms with van der Waals surface area (Å²) in [5.74, 6) is 0.00139. The van der Waals surface area contributed by atoms with Crippen LogP contribution in [0.2, 0.25) is 0 Å². The Labute approximate surface area is 117 Å². The summed E-state index contributed by atoms with van der Waals surface area (Å²) in [6.45, 7) is 2.98. The number of carbonyl (C=O) groups is 1. The monoisotopic (exact) mass is 274 g/mol. The molecule has 0 aromatic heterocycles. The van der Waals surface area contributed by atoms with Gasteiger partial charge in [-0.1, -0.05) is 36.4 Å². The first-order valence-corrected chi connectivity index (χ1v) is 6.14. The quantitative estimate of drug-likeness (QED) is 0.735. The maximum atomic E-state index is 10.5. The summed E-state index contributed by atoms with van der Waals surface area (Å²) in [6, 6.07) is 13.1. The van der Waals surface area contributed by atoms with E-state index >= 15 is 0 Å². The topological polar surface area (TPSA) is 77.8 Å². The number of hydrogen-bond acceptors (Lipinski definition) is 4. The number of hydrogen-bond donors (Lipinski definition) is 3. The summed E-state index contributed by atoms with van der Waals surface area (Å²) in [6.07, 6.45) is 0.750. The Morgan fingerprint density at radius 2 is 1.20 bits per heavy atom. The molecule has 0 bridgehead atoms. The van der Waals surface area contributed by atoms with Crippen LogP contribution < -0.4 is 0 Å². The number of phenolic OH excluding ortho intramolecular Hbond substituents is 2. The number of aromatic hydroxyl groups is 2. The summed E-state index contributed by atoms with van der Waals surface area (Å²) in [5.41, 5.74) is -0.709. The smallest absolute Gasteiger partial charge is 0.122 e. The molecule has 0 aliphatic rings. The van der Waals surface area contributed by atoms with E-state index in [1.807, 2.05) is 0 Å². The van der Waals surface area contributed by atoms with Crippen molar-refractivity contribution in [3.05, 3.63) is 59.7 Å². The van der Waals surface area contributed by atoms with Crippen molar-refractivity contribution in [2.75, 3.05) is 0 Å². The van der Waals surface area contributed by atoms with E-state index in [9.17, 15) is 15.3 Å². The summed E-state index contributed by atoms with van der Waals surface area (Å²) in [5, 5.41) is 30.0. The first-order chi connectivity index (χ1) is 9.45. The maximum absolute atomic E-state index is 10.5. The SMILES string of the molecule is CC(O)(c1ccccc1O)c1ccccc1O.CC=O. The average Bonchev–Trinajstić information content (AvgIpc) is 2.40. The minimum atomic E-state index is -1.43. The maximum Gasteiger partial charge on any atom is 0.122 e. The Morgan fingerprint density at radius 3 is 1.50 bits per heavy atom. The summed E-state index contributed by atoms with van der Waals surface area (Å²) in [4.78, 5) is 8.81. The highest BCUT2D eigenvalue weighted by molar-refractivity contribution is 5.47. The lowest BCUT2D eigenvalue weighted by Gasteiger charge is -2.25. The van der Waals surface area contributed by atoms with E-state index in [2.05, 4.69) is 0 Å². The second-order valence-corrected chi connectivity index (χ2v) is 4.34. The van der Waals surface area contributed by atoms with E-state index in [1.54, 1.807) is 36.4 Å². The van der Waals surface area contributed by atoms with Gasteiger partial charge >= 0.3 is 0 Å². The van der Waals surface area contributed by atoms with Gasteiger partial charge in [-0.05, 0) is 26.0 Å². The van der Waals surface area contributed by atoms with Gasteiger partial charge in [0.25, 0.3) is 0 Å². The van der Waals surface area contributed by atoms with Gasteiger partial charge in [-0.15, -0.1) is 0 Å². The van der Waals surface area contributed by atoms with Crippen LogP contribution in [0.25, 0.3) is 0 Å². The molecule has 4 heteroatoms. The van der Waals surface area contributed by atoms with Gasteiger partial charge in [0, 0.05) is 11.1 Å². The lowest BCUT2D eigenvalue weighted by Crippen LogP contribution is -2.22. The van der Waals surface area contributed by atoms with Gasteiger partial charge in [-0.2, -0.15) is 0 Å². The second-order valence-electron chi connectivity index (χ2n) is 4.34. The Morgan fingerprint density at radius 1 is 0.900 bits per heavy atom. The minimum Gasteiger partial charge on any atom is -0.508 e. The molecule has 0 amide bonds. The highest BCUT2D eigenvalue weighted by Gasteiger charge is 2.30. The van der Waals surface area contributed by atoms with Crippen molar-refractivity contribution >= 4 is 6.29 Å². The van der Waals surface area contributed by atoms with Gasteiger partial charge in [0.05, 0.1) is 0 Å². The molecule has 20 heavy (non-hydrogen) atoms. The van der Waals surface area contributed by atoms with Crippen LogP contribution in [0.1, 0.15) is 25.0 Å². The third-order valence-electron chi connectivity index (χ3n) is 2.86. The Balaban J connectivity index is 0.000000612. The van der Waals surface area contributed by atoms with Gasteiger partial charge in [0.2, 0.25) is 0 Å². The van der Waals surface area contributed by atoms with E-state index in [-0.39, 0.29) is 11.5 Å². The number of aliphatic hydroxyl groups is 1. The van der Waals surface area contributed by atoms with Crippen LogP contribution in [0.15, 0.2) is 48.5 Å². The van der Waals surface area contributed by atoms with Crippen LogP contribution in [0.3, 0.4) is 0 Å². The fourth-order valence-corrected chi connectivity index (χ4v) is 1.92. The average molecular weight is 274 g/mol. The Bertz CT molecular complexity index is 529. The molecule has 2 aromatic rings. The van der Waals surface area contributed by atoms with E-state index in [1.165, 1.54) is 26.0 Å². The fourth-order valence-electron chi connectivity index (χ4n) is 1.92. The molecule has 2 aromatic carbocycles. The van der Waals surface area contributed by atoms with Crippen molar-refractivity contribution in [2.24, 2.45) is 0 Å². The molecule has 0 fully saturated rings. The number of para-hydroxylation sites is 2. The molecule has 3 N–H and O–H groups in total. The molecule has 4 nitrogen and oxygen atoms in total. The second kappa shape index (κ2) is 6.73. The predicted molar refractivity (Wildman–Crippen MR) is 76.6 cm³/mol. The predicted octanol–water partition coefficient (Wildman–Crippen LogP) is 2.56. The first-order valence-electron chi connectivity index (χ1n) is 6.14. The molecular weight excluding hydrogens is 256 g/mol. The van der Waals surface area contributed by atoms with Crippen molar-refractivity contribution in [3.8, 4) is 11.5 Å². The minimum absolute atomic E-state index is 0.000697. The van der Waals surface area contributed by atoms with Crippen molar-refractivity contribution in [1.82, 2.24) is 0 Å². The van der Waals surface area contributed by atoms with Gasteiger partial charge < -0.3 is 20.1 Å². The van der Waals surface area contributed by atoms with Crippen LogP contribution in [-0.2, 0) is 10.4 Å². The summed E-state index contributed by atoms with van der Waals surface area (Å²) in [7, 11) is 0. The highest BCUT2D eigenvalue weighted by atomic mass is 16.3. The van der Waals surface area contributed by atoms with Crippen LogP contribution in [-0.4, -0.2) is 21.6 Å². The van der Waals surface area contributed by atoms with E-state index in [0.29, 0.717) is 11.1 Å². The van der Waals surface area contributed by atoms with Crippen LogP contribution in [0, 0.1) is 0 Å². The van der Waals surface area contributed by atoms with Gasteiger partial charge in [-0.25, -0.2) is 0 Å². The number of phenols is 2. The Hall–Kier alpha value is -2.33. The number of carbonyl (C=O) groups excluding carboxylic acids is 1. The summed E-state index contributed by atoms with van der Waals surface area (Å²) < 4.78 is 0. The Kier molecular flexibility index (Phi) is 5.29. The molecule has 0 aliphatic heterocycles. The standard InChI is InChI=1S/C14H14O3.C2H4O/c1-14(17,10-6-2-4-8-12(10)15)11-7-3-5-9-13(11)16;1-2-3/h2-9,15-17H,1H3;2H,1H3. The molecule has 0 atom stereocenters. The third kappa shape index (κ3) is 3.36. The van der Waals surface area contributed by atoms with Gasteiger partial charge in [0.15, 0.2) is 0 Å². The highest BCUT2D eigenvalue weighted by Crippen LogP contribution is 2.38. The number of aldehydes is 1. The molecule has 0 spiro atoms. The van der Waals surface area contributed by atoms with E-state index < -0.39 is 5.60 Å². The van der Waals surface area contributed by atoms with Crippen LogP contribution >= 0.6 is 0 Å². The van der Waals surface area contributed by atoms with Gasteiger partial charge in [-0.3, -0.25) is 0 Å². The lowest BCUT2D eigenvalue weighted by molar-refractivity contribution is -0.106. The molecular formula is C16H18O4. The molecule has 0 saturated heterocycles. The van der Waals surface area contributed by atoms with Crippen LogP contribution in [0.4, 0.5) is 0 Å². The molecule has 0 aliphatic carbocycles. The normalized spacial score (nSPS) is 10.3. The van der Waals surface area contributed by atoms with Crippen LogP contribution in [0.5, 0.6) is 11.5 Å². The van der Waals surface area contributed by atoms with Gasteiger partial charge in [0.1, 0.15) is 23.4 Å². The fraction of sp³-hybridized carbons (Fsp3) is 0.188. The zero-order chi connectivity index (χ0) is 15.2. The van der Waals surface area contributed by atoms with Crippen molar-refractivity contribution < 1.29 is 20.1 Å². The molecule has 2 rings (SSSR count). The molecule has 0 radical (unpaired) electrons. The van der Waals surface area contributed by atoms with Crippen molar-refractivity contribution in [1.29, 1.82) is 0 Å². The zero-order valence-electron chi connectivity index (χ0n) is 11.4. The molecule has 0 unspecified atom stereocenters. The zero-order valence-corrected chi connectivity index (χ0v) is 11.4. The largest absolute Gasteiger partial charge is 0.508 e. The molecule has 0 saturated carbocycles. The molecule has 106 valence electrons. The van der Waals surface area contributed by atoms with Crippen molar-refractivity contribution in [3.63, 3.8) is 0 Å². The van der Waals surface area contributed by atoms with Crippen molar-refractivity contribution in [2.45, 2.75) is 19.4 Å². The lowest BCUT2D eigenvalue weighted by atomic mass is 9.87. The molecule has 0 heterocycles.